The summed E-state index contributed by atoms with van der Waals surface area (Å²) in [6, 6.07) is 17.7. The third-order valence-corrected chi connectivity index (χ3v) is 4.25. The molecule has 0 aromatic heterocycles. The SMILES string of the molecule is CCC1(NOCc2ccccc2)C(=O)N(C)c2ccccc21. The Bertz CT molecular complexity index is 672. The number of amides is 1. The molecule has 1 amide bonds. The van der Waals surface area contributed by atoms with Gasteiger partial charge in [-0.1, -0.05) is 55.5 Å². The Hall–Kier alpha value is -2.17. The number of hydrogen-bond acceptors (Lipinski definition) is 3. The number of hydrogen-bond donors (Lipinski definition) is 1. The second kappa shape index (κ2) is 5.91. The van der Waals surface area contributed by atoms with Crippen molar-refractivity contribution < 1.29 is 9.63 Å². The number of rotatable bonds is 5. The molecule has 3 rings (SSSR count). The van der Waals surface area contributed by atoms with Gasteiger partial charge in [0, 0.05) is 18.3 Å². The smallest absolute Gasteiger partial charge is 0.253 e. The third-order valence-electron chi connectivity index (χ3n) is 4.25. The van der Waals surface area contributed by atoms with Crippen LogP contribution in [0.3, 0.4) is 0 Å². The number of fused-ring (bicyclic) bond motifs is 1. The molecule has 22 heavy (non-hydrogen) atoms. The van der Waals surface area contributed by atoms with Crippen LogP contribution in [-0.4, -0.2) is 13.0 Å². The average molecular weight is 296 g/mol. The van der Waals surface area contributed by atoms with E-state index in [0.717, 1.165) is 16.8 Å². The Kier molecular flexibility index (Phi) is 3.96. The molecule has 0 saturated carbocycles. The summed E-state index contributed by atoms with van der Waals surface area (Å²) in [5.74, 6) is 0.0178. The molecule has 0 aliphatic carbocycles. The third kappa shape index (κ3) is 2.30. The van der Waals surface area contributed by atoms with E-state index in [4.69, 9.17) is 4.84 Å². The van der Waals surface area contributed by atoms with Gasteiger partial charge in [0.25, 0.3) is 5.91 Å². The van der Waals surface area contributed by atoms with Gasteiger partial charge in [0.1, 0.15) is 5.54 Å². The minimum atomic E-state index is -0.805. The predicted octanol–water partition coefficient (Wildman–Crippen LogP) is 2.99. The van der Waals surface area contributed by atoms with E-state index in [1.807, 2.05) is 61.5 Å². The molecular formula is C18H20N2O2. The molecule has 4 nitrogen and oxygen atoms in total. The first-order chi connectivity index (χ1) is 10.7. The maximum atomic E-state index is 12.7. The first-order valence-corrected chi connectivity index (χ1v) is 7.49. The van der Waals surface area contributed by atoms with Crippen LogP contribution >= 0.6 is 0 Å². The lowest BCUT2D eigenvalue weighted by molar-refractivity contribution is -0.133. The Morgan fingerprint density at radius 1 is 1.09 bits per heavy atom. The summed E-state index contributed by atoms with van der Waals surface area (Å²) in [6.45, 7) is 2.41. The maximum Gasteiger partial charge on any atom is 0.253 e. The molecule has 0 saturated heterocycles. The normalized spacial score (nSPS) is 20.3. The predicted molar refractivity (Wildman–Crippen MR) is 86.2 cm³/mol. The van der Waals surface area contributed by atoms with Crippen molar-refractivity contribution in [2.75, 3.05) is 11.9 Å². The highest BCUT2D eigenvalue weighted by Gasteiger charge is 2.48. The Labute approximate surface area is 130 Å². The van der Waals surface area contributed by atoms with E-state index < -0.39 is 5.54 Å². The zero-order valence-corrected chi connectivity index (χ0v) is 12.9. The van der Waals surface area contributed by atoms with Gasteiger partial charge in [-0.15, -0.1) is 0 Å². The summed E-state index contributed by atoms with van der Waals surface area (Å²) in [7, 11) is 1.80. The quantitative estimate of drug-likeness (QED) is 0.862. The molecule has 2 aromatic carbocycles. The van der Waals surface area contributed by atoms with Crippen LogP contribution in [0.25, 0.3) is 0 Å². The fourth-order valence-corrected chi connectivity index (χ4v) is 2.97. The summed E-state index contributed by atoms with van der Waals surface area (Å²) >= 11 is 0. The van der Waals surface area contributed by atoms with Crippen molar-refractivity contribution in [3.8, 4) is 0 Å². The lowest BCUT2D eigenvalue weighted by atomic mass is 9.89. The van der Waals surface area contributed by atoms with Crippen LogP contribution in [0.15, 0.2) is 54.6 Å². The molecule has 1 aliphatic heterocycles. The lowest BCUT2D eigenvalue weighted by Gasteiger charge is -2.27. The van der Waals surface area contributed by atoms with Gasteiger partial charge in [-0.25, -0.2) is 0 Å². The van der Waals surface area contributed by atoms with E-state index in [0.29, 0.717) is 13.0 Å². The number of hydroxylamine groups is 1. The topological polar surface area (TPSA) is 41.6 Å². The monoisotopic (exact) mass is 296 g/mol. The summed E-state index contributed by atoms with van der Waals surface area (Å²) in [6.07, 6.45) is 0.627. The molecule has 1 unspecified atom stereocenters. The van der Waals surface area contributed by atoms with Crippen molar-refractivity contribution in [3.05, 3.63) is 65.7 Å². The number of likely N-dealkylation sites (N-methyl/N-ethyl adjacent to an activating group) is 1. The largest absolute Gasteiger partial charge is 0.313 e. The van der Waals surface area contributed by atoms with E-state index >= 15 is 0 Å². The molecule has 0 fully saturated rings. The van der Waals surface area contributed by atoms with Crippen LogP contribution in [0.1, 0.15) is 24.5 Å². The molecule has 114 valence electrons. The number of benzene rings is 2. The Morgan fingerprint density at radius 2 is 1.77 bits per heavy atom. The van der Waals surface area contributed by atoms with Crippen LogP contribution in [-0.2, 0) is 21.8 Å². The molecule has 1 aliphatic rings. The van der Waals surface area contributed by atoms with Gasteiger partial charge >= 0.3 is 0 Å². The second-order valence-corrected chi connectivity index (χ2v) is 5.52. The second-order valence-electron chi connectivity index (χ2n) is 5.52. The van der Waals surface area contributed by atoms with E-state index in [2.05, 4.69) is 5.48 Å². The van der Waals surface area contributed by atoms with Gasteiger partial charge in [0.05, 0.1) is 6.61 Å². The fourth-order valence-electron chi connectivity index (χ4n) is 2.97. The number of para-hydroxylation sites is 1. The highest BCUT2D eigenvalue weighted by molar-refractivity contribution is 6.07. The van der Waals surface area contributed by atoms with E-state index in [1.165, 1.54) is 0 Å². The zero-order chi connectivity index (χ0) is 15.6. The summed E-state index contributed by atoms with van der Waals surface area (Å²) in [5.41, 5.74) is 5.20. The molecular weight excluding hydrogens is 276 g/mol. The molecule has 0 spiro atoms. The van der Waals surface area contributed by atoms with Crippen molar-refractivity contribution in [2.45, 2.75) is 25.5 Å². The maximum absolute atomic E-state index is 12.7. The molecule has 2 aromatic rings. The minimum absolute atomic E-state index is 0.0178. The van der Waals surface area contributed by atoms with Gasteiger partial charge in [-0.05, 0) is 18.1 Å². The van der Waals surface area contributed by atoms with E-state index in [-0.39, 0.29) is 5.91 Å². The first-order valence-electron chi connectivity index (χ1n) is 7.49. The summed E-state index contributed by atoms with van der Waals surface area (Å²) in [5, 5.41) is 0. The van der Waals surface area contributed by atoms with Crippen molar-refractivity contribution in [3.63, 3.8) is 0 Å². The van der Waals surface area contributed by atoms with Crippen LogP contribution in [0, 0.1) is 0 Å². The highest BCUT2D eigenvalue weighted by Crippen LogP contribution is 2.41. The first kappa shape index (κ1) is 14.8. The number of carbonyl (C=O) groups excluding carboxylic acids is 1. The van der Waals surface area contributed by atoms with Gasteiger partial charge in [0.15, 0.2) is 0 Å². The van der Waals surface area contributed by atoms with Crippen molar-refractivity contribution in [1.29, 1.82) is 0 Å². The van der Waals surface area contributed by atoms with E-state index in [1.54, 1.807) is 11.9 Å². The standard InChI is InChI=1S/C18H20N2O2/c1-3-18(19-22-13-14-9-5-4-6-10-14)15-11-7-8-12-16(15)20(2)17(18)21/h4-12,19H,3,13H2,1-2H3. The molecule has 1 heterocycles. The Balaban J connectivity index is 1.82. The molecule has 1 atom stereocenters. The zero-order valence-electron chi connectivity index (χ0n) is 12.9. The van der Waals surface area contributed by atoms with Crippen LogP contribution in [0.4, 0.5) is 5.69 Å². The summed E-state index contributed by atoms with van der Waals surface area (Å²) < 4.78 is 0. The number of anilines is 1. The average Bonchev–Trinajstić information content (AvgIpc) is 2.79. The molecule has 0 bridgehead atoms. The van der Waals surface area contributed by atoms with E-state index in [9.17, 15) is 4.79 Å². The van der Waals surface area contributed by atoms with Crippen LogP contribution in [0.2, 0.25) is 0 Å². The van der Waals surface area contributed by atoms with Crippen LogP contribution in [0.5, 0.6) is 0 Å². The summed E-state index contributed by atoms with van der Waals surface area (Å²) in [4.78, 5) is 20.1. The lowest BCUT2D eigenvalue weighted by Crippen LogP contribution is -2.49. The van der Waals surface area contributed by atoms with Crippen molar-refractivity contribution in [1.82, 2.24) is 5.48 Å². The number of nitrogens with one attached hydrogen (secondary N) is 1. The molecule has 4 heteroatoms. The highest BCUT2D eigenvalue weighted by atomic mass is 16.6. The van der Waals surface area contributed by atoms with Crippen molar-refractivity contribution >= 4 is 11.6 Å². The molecule has 1 N–H and O–H groups in total. The van der Waals surface area contributed by atoms with Gasteiger partial charge in [-0.3, -0.25) is 9.63 Å². The molecule has 0 radical (unpaired) electrons. The minimum Gasteiger partial charge on any atom is -0.313 e. The number of nitrogens with zero attached hydrogens (tertiary/aromatic N) is 1. The Morgan fingerprint density at radius 3 is 2.50 bits per heavy atom. The fraction of sp³-hybridized carbons (Fsp3) is 0.278. The number of carbonyl (C=O) groups is 1. The van der Waals surface area contributed by atoms with Crippen LogP contribution < -0.4 is 10.4 Å². The van der Waals surface area contributed by atoms with Gasteiger partial charge < -0.3 is 4.90 Å². The van der Waals surface area contributed by atoms with Gasteiger partial charge in [0.2, 0.25) is 0 Å². The van der Waals surface area contributed by atoms with Gasteiger partial charge in [-0.2, -0.15) is 5.48 Å². The van der Waals surface area contributed by atoms with Crippen molar-refractivity contribution in [2.24, 2.45) is 0 Å².